The van der Waals surface area contributed by atoms with E-state index in [4.69, 9.17) is 9.63 Å². The summed E-state index contributed by atoms with van der Waals surface area (Å²) in [5.74, 6) is -0.811. The zero-order valence-electron chi connectivity index (χ0n) is 7.61. The Bertz CT molecular complexity index is 471. The van der Waals surface area contributed by atoms with Crippen molar-refractivity contribution in [2.75, 3.05) is 0 Å². The molecule has 0 aromatic carbocycles. The minimum Gasteiger partial charge on any atom is -0.481 e. The second kappa shape index (κ2) is 3.42. The fourth-order valence-electron chi connectivity index (χ4n) is 1.29. The fraction of sp³-hybridized carbons (Fsp3) is 0.333. The second-order valence-corrected chi connectivity index (χ2v) is 4.33. The molecule has 0 aliphatic rings. The van der Waals surface area contributed by atoms with Crippen molar-refractivity contribution >= 4 is 27.6 Å². The van der Waals surface area contributed by atoms with Crippen molar-refractivity contribution in [3.8, 4) is 0 Å². The number of rotatable bonds is 3. The van der Waals surface area contributed by atoms with E-state index in [0.29, 0.717) is 6.42 Å². The third-order valence-electron chi connectivity index (χ3n) is 1.91. The molecule has 0 atom stereocenters. The minimum absolute atomic E-state index is 0.0958. The number of aromatic nitrogens is 1. The predicted molar refractivity (Wildman–Crippen MR) is 52.6 cm³/mol. The molecule has 0 bridgehead atoms. The maximum absolute atomic E-state index is 10.4. The SMILES string of the molecule is Cc1cc2onc(CCC(=O)O)c2s1. The summed E-state index contributed by atoms with van der Waals surface area (Å²) in [4.78, 5) is 11.5. The summed E-state index contributed by atoms with van der Waals surface area (Å²) in [6, 6.07) is 1.91. The molecule has 74 valence electrons. The van der Waals surface area contributed by atoms with E-state index in [1.807, 2.05) is 13.0 Å². The average molecular weight is 211 g/mol. The van der Waals surface area contributed by atoms with Gasteiger partial charge in [-0.2, -0.15) is 0 Å². The summed E-state index contributed by atoms with van der Waals surface area (Å²) in [5, 5.41) is 12.4. The summed E-state index contributed by atoms with van der Waals surface area (Å²) in [7, 11) is 0. The summed E-state index contributed by atoms with van der Waals surface area (Å²) >= 11 is 1.59. The molecule has 2 heterocycles. The Morgan fingerprint density at radius 1 is 1.71 bits per heavy atom. The number of aliphatic carboxylic acids is 1. The summed E-state index contributed by atoms with van der Waals surface area (Å²) in [6.45, 7) is 1.99. The molecule has 14 heavy (non-hydrogen) atoms. The fourth-order valence-corrected chi connectivity index (χ4v) is 2.23. The number of carboxylic acid groups (broad SMARTS) is 1. The van der Waals surface area contributed by atoms with Crippen LogP contribution >= 0.6 is 11.3 Å². The second-order valence-electron chi connectivity index (χ2n) is 3.07. The normalized spacial score (nSPS) is 10.9. The number of hydrogen-bond donors (Lipinski definition) is 1. The van der Waals surface area contributed by atoms with Gasteiger partial charge >= 0.3 is 5.97 Å². The standard InChI is InChI=1S/C9H9NO3S/c1-5-4-7-9(14-5)6(10-13-7)2-3-8(11)12/h4H,2-3H2,1H3,(H,11,12). The molecule has 0 aliphatic carbocycles. The highest BCUT2D eigenvalue weighted by molar-refractivity contribution is 7.19. The Morgan fingerprint density at radius 2 is 2.50 bits per heavy atom. The van der Waals surface area contributed by atoms with Crippen molar-refractivity contribution in [3.05, 3.63) is 16.6 Å². The van der Waals surface area contributed by atoms with Crippen molar-refractivity contribution in [1.82, 2.24) is 5.16 Å². The molecule has 2 aromatic heterocycles. The van der Waals surface area contributed by atoms with Crippen molar-refractivity contribution in [3.63, 3.8) is 0 Å². The largest absolute Gasteiger partial charge is 0.481 e. The van der Waals surface area contributed by atoms with Gasteiger partial charge < -0.3 is 9.63 Å². The van der Waals surface area contributed by atoms with Gasteiger partial charge in [-0.1, -0.05) is 5.16 Å². The molecule has 0 aliphatic heterocycles. The van der Waals surface area contributed by atoms with E-state index < -0.39 is 5.97 Å². The highest BCUT2D eigenvalue weighted by atomic mass is 32.1. The number of carboxylic acids is 1. The number of aryl methyl sites for hydroxylation is 2. The smallest absolute Gasteiger partial charge is 0.303 e. The molecule has 1 N–H and O–H groups in total. The summed E-state index contributed by atoms with van der Waals surface area (Å²) in [5.41, 5.74) is 1.51. The van der Waals surface area contributed by atoms with Crippen LogP contribution in [0.4, 0.5) is 0 Å². The Kier molecular flexibility index (Phi) is 2.25. The van der Waals surface area contributed by atoms with Gasteiger partial charge in [0.05, 0.1) is 11.1 Å². The summed E-state index contributed by atoms with van der Waals surface area (Å²) < 4.78 is 6.05. The number of nitrogens with zero attached hydrogens (tertiary/aromatic N) is 1. The van der Waals surface area contributed by atoms with Gasteiger partial charge in [0.1, 0.15) is 5.69 Å². The number of carbonyl (C=O) groups is 1. The van der Waals surface area contributed by atoms with Crippen LogP contribution in [0.5, 0.6) is 0 Å². The molecule has 0 fully saturated rings. The van der Waals surface area contributed by atoms with Crippen LogP contribution in [0.2, 0.25) is 0 Å². The molecule has 0 unspecified atom stereocenters. The van der Waals surface area contributed by atoms with Gasteiger partial charge in [-0.15, -0.1) is 11.3 Å². The molecular weight excluding hydrogens is 202 g/mol. The Labute approximate surface area is 84.1 Å². The van der Waals surface area contributed by atoms with E-state index in [0.717, 1.165) is 20.9 Å². The van der Waals surface area contributed by atoms with Crippen LogP contribution in [0.3, 0.4) is 0 Å². The molecule has 0 saturated heterocycles. The number of fused-ring (bicyclic) bond motifs is 1. The zero-order valence-corrected chi connectivity index (χ0v) is 8.43. The van der Waals surface area contributed by atoms with Gasteiger partial charge in [0.25, 0.3) is 0 Å². The van der Waals surface area contributed by atoms with E-state index in [9.17, 15) is 4.79 Å². The highest BCUT2D eigenvalue weighted by Gasteiger charge is 2.11. The lowest BCUT2D eigenvalue weighted by Crippen LogP contribution is -1.97. The van der Waals surface area contributed by atoms with E-state index in [-0.39, 0.29) is 6.42 Å². The molecule has 0 amide bonds. The van der Waals surface area contributed by atoms with Crippen molar-refractivity contribution < 1.29 is 14.4 Å². The quantitative estimate of drug-likeness (QED) is 0.845. The molecule has 0 saturated carbocycles. The third-order valence-corrected chi connectivity index (χ3v) is 2.99. The van der Waals surface area contributed by atoms with Crippen molar-refractivity contribution in [2.45, 2.75) is 19.8 Å². The monoisotopic (exact) mass is 211 g/mol. The topological polar surface area (TPSA) is 63.3 Å². The molecule has 2 rings (SSSR count). The van der Waals surface area contributed by atoms with Gasteiger partial charge in [0, 0.05) is 11.3 Å². The van der Waals surface area contributed by atoms with Gasteiger partial charge in [0.2, 0.25) is 0 Å². The van der Waals surface area contributed by atoms with Crippen LogP contribution in [0.15, 0.2) is 10.6 Å². The van der Waals surface area contributed by atoms with Gasteiger partial charge in [-0.3, -0.25) is 4.79 Å². The third kappa shape index (κ3) is 1.63. The van der Waals surface area contributed by atoms with E-state index in [2.05, 4.69) is 5.16 Å². The van der Waals surface area contributed by atoms with Crippen LogP contribution in [0, 0.1) is 6.92 Å². The van der Waals surface area contributed by atoms with E-state index >= 15 is 0 Å². The van der Waals surface area contributed by atoms with Crippen molar-refractivity contribution in [2.24, 2.45) is 0 Å². The van der Waals surface area contributed by atoms with Crippen LogP contribution in [-0.2, 0) is 11.2 Å². The Morgan fingerprint density at radius 3 is 3.21 bits per heavy atom. The maximum Gasteiger partial charge on any atom is 0.303 e. The molecular formula is C9H9NO3S. The van der Waals surface area contributed by atoms with E-state index in [1.54, 1.807) is 11.3 Å². The lowest BCUT2D eigenvalue weighted by molar-refractivity contribution is -0.136. The van der Waals surface area contributed by atoms with Crippen LogP contribution in [0.25, 0.3) is 10.3 Å². The lowest BCUT2D eigenvalue weighted by atomic mass is 10.2. The predicted octanol–water partition coefficient (Wildman–Crippen LogP) is 2.21. The first-order valence-electron chi connectivity index (χ1n) is 4.23. The maximum atomic E-state index is 10.4. The molecule has 0 spiro atoms. The first kappa shape index (κ1) is 9.21. The van der Waals surface area contributed by atoms with Gasteiger partial charge in [-0.25, -0.2) is 0 Å². The van der Waals surface area contributed by atoms with Crippen LogP contribution < -0.4 is 0 Å². The van der Waals surface area contributed by atoms with Crippen LogP contribution in [-0.4, -0.2) is 16.2 Å². The first-order valence-corrected chi connectivity index (χ1v) is 5.05. The summed E-state index contributed by atoms with van der Waals surface area (Å²) in [6.07, 6.45) is 0.529. The molecule has 2 aromatic rings. The number of thiophene rings is 1. The first-order chi connectivity index (χ1) is 6.66. The average Bonchev–Trinajstić information content (AvgIpc) is 2.60. The zero-order chi connectivity index (χ0) is 10.1. The molecule has 5 heteroatoms. The Balaban J connectivity index is 2.28. The number of hydrogen-bond acceptors (Lipinski definition) is 4. The van der Waals surface area contributed by atoms with Gasteiger partial charge in [0.15, 0.2) is 5.58 Å². The van der Waals surface area contributed by atoms with Crippen molar-refractivity contribution in [1.29, 1.82) is 0 Å². The molecule has 0 radical (unpaired) electrons. The minimum atomic E-state index is -0.811. The lowest BCUT2D eigenvalue weighted by Gasteiger charge is -1.89. The van der Waals surface area contributed by atoms with E-state index in [1.165, 1.54) is 0 Å². The Hall–Kier alpha value is -1.36. The molecule has 4 nitrogen and oxygen atoms in total. The van der Waals surface area contributed by atoms with Gasteiger partial charge in [-0.05, 0) is 13.0 Å². The van der Waals surface area contributed by atoms with Crippen LogP contribution in [0.1, 0.15) is 17.0 Å². The highest BCUT2D eigenvalue weighted by Crippen LogP contribution is 2.28.